The molecular formula is C18H31N3. The summed E-state index contributed by atoms with van der Waals surface area (Å²) in [4.78, 5) is 6.93. The molecule has 21 heavy (non-hydrogen) atoms. The molecule has 0 saturated heterocycles. The van der Waals surface area contributed by atoms with Crippen molar-refractivity contribution in [1.29, 1.82) is 0 Å². The molecule has 1 aliphatic rings. The van der Waals surface area contributed by atoms with Gasteiger partial charge in [-0.1, -0.05) is 25.8 Å². The van der Waals surface area contributed by atoms with E-state index in [1.54, 1.807) is 0 Å². The summed E-state index contributed by atoms with van der Waals surface area (Å²) in [5.41, 5.74) is 7.57. The van der Waals surface area contributed by atoms with Gasteiger partial charge in [0.05, 0.1) is 0 Å². The highest BCUT2D eigenvalue weighted by Crippen LogP contribution is 2.37. The fraction of sp³-hybridized carbons (Fsp3) is 0.722. The lowest BCUT2D eigenvalue weighted by molar-refractivity contribution is 0.0637. The molecule has 0 radical (unpaired) electrons. The molecule has 2 N–H and O–H groups in total. The van der Waals surface area contributed by atoms with Crippen molar-refractivity contribution in [2.24, 2.45) is 11.7 Å². The third-order valence-electron chi connectivity index (χ3n) is 5.35. The molecule has 0 aromatic carbocycles. The summed E-state index contributed by atoms with van der Waals surface area (Å²) in [5.74, 6) is 0.930. The maximum absolute atomic E-state index is 6.17. The standard InChI is InChI=1S/C18H31N3/c1-3-6-16-8-11-18(15-19,12-9-16)21(2)14-10-17-7-4-5-13-20-17/h4-5,7,13,16H,3,6,8-12,14-15,19H2,1-2H3. The second-order valence-electron chi connectivity index (χ2n) is 6.65. The summed E-state index contributed by atoms with van der Waals surface area (Å²) in [6, 6.07) is 6.15. The topological polar surface area (TPSA) is 42.1 Å². The number of aromatic nitrogens is 1. The SMILES string of the molecule is CCCC1CCC(CN)(N(C)CCc2ccccn2)CC1. The summed E-state index contributed by atoms with van der Waals surface area (Å²) < 4.78 is 0. The molecule has 0 aliphatic heterocycles. The van der Waals surface area contributed by atoms with Crippen LogP contribution in [0.25, 0.3) is 0 Å². The predicted molar refractivity (Wildman–Crippen MR) is 89.2 cm³/mol. The van der Waals surface area contributed by atoms with Crippen LogP contribution in [0.1, 0.15) is 51.1 Å². The fourth-order valence-corrected chi connectivity index (χ4v) is 3.72. The van der Waals surface area contributed by atoms with Crippen LogP contribution >= 0.6 is 0 Å². The zero-order chi connectivity index (χ0) is 15.1. The van der Waals surface area contributed by atoms with Crippen molar-refractivity contribution >= 4 is 0 Å². The Labute approximate surface area is 129 Å². The van der Waals surface area contributed by atoms with Crippen molar-refractivity contribution in [2.45, 2.75) is 57.4 Å². The van der Waals surface area contributed by atoms with Gasteiger partial charge in [-0.2, -0.15) is 0 Å². The van der Waals surface area contributed by atoms with Crippen molar-refractivity contribution in [3.8, 4) is 0 Å². The second-order valence-corrected chi connectivity index (χ2v) is 6.65. The minimum Gasteiger partial charge on any atom is -0.329 e. The smallest absolute Gasteiger partial charge is 0.0416 e. The van der Waals surface area contributed by atoms with Crippen LogP contribution in [0.4, 0.5) is 0 Å². The highest BCUT2D eigenvalue weighted by Gasteiger charge is 2.36. The van der Waals surface area contributed by atoms with E-state index in [1.807, 2.05) is 12.3 Å². The van der Waals surface area contributed by atoms with Crippen molar-refractivity contribution in [3.05, 3.63) is 30.1 Å². The number of rotatable bonds is 7. The van der Waals surface area contributed by atoms with Crippen LogP contribution in [-0.2, 0) is 6.42 Å². The summed E-state index contributed by atoms with van der Waals surface area (Å²) >= 11 is 0. The van der Waals surface area contributed by atoms with Crippen molar-refractivity contribution in [1.82, 2.24) is 9.88 Å². The molecule has 1 aliphatic carbocycles. The van der Waals surface area contributed by atoms with Crippen LogP contribution in [0.2, 0.25) is 0 Å². The Morgan fingerprint density at radius 2 is 2.10 bits per heavy atom. The van der Waals surface area contributed by atoms with Gasteiger partial charge in [-0.15, -0.1) is 0 Å². The van der Waals surface area contributed by atoms with Gasteiger partial charge in [0.1, 0.15) is 0 Å². The first-order valence-electron chi connectivity index (χ1n) is 8.51. The molecule has 0 amide bonds. The van der Waals surface area contributed by atoms with Gasteiger partial charge in [0.2, 0.25) is 0 Å². The van der Waals surface area contributed by atoms with Crippen LogP contribution in [0.15, 0.2) is 24.4 Å². The first-order chi connectivity index (χ1) is 10.2. The number of nitrogens with zero attached hydrogens (tertiary/aromatic N) is 2. The number of nitrogens with two attached hydrogens (primary N) is 1. The maximum atomic E-state index is 6.17. The van der Waals surface area contributed by atoms with Gasteiger partial charge in [-0.3, -0.25) is 9.88 Å². The van der Waals surface area contributed by atoms with Gasteiger partial charge in [0.25, 0.3) is 0 Å². The van der Waals surface area contributed by atoms with Crippen LogP contribution in [-0.4, -0.2) is 35.6 Å². The third kappa shape index (κ3) is 4.27. The number of likely N-dealkylation sites (N-methyl/N-ethyl adjacent to an activating group) is 1. The Hall–Kier alpha value is -0.930. The first kappa shape index (κ1) is 16.4. The van der Waals surface area contributed by atoms with Gasteiger partial charge in [-0.25, -0.2) is 0 Å². The van der Waals surface area contributed by atoms with Gasteiger partial charge in [-0.05, 0) is 50.8 Å². The molecule has 1 aromatic rings. The van der Waals surface area contributed by atoms with E-state index in [0.29, 0.717) is 0 Å². The predicted octanol–water partition coefficient (Wildman–Crippen LogP) is 3.24. The summed E-state index contributed by atoms with van der Waals surface area (Å²) in [7, 11) is 2.25. The second kappa shape index (κ2) is 7.90. The van der Waals surface area contributed by atoms with Crippen LogP contribution < -0.4 is 5.73 Å². The van der Waals surface area contributed by atoms with Crippen molar-refractivity contribution in [2.75, 3.05) is 20.1 Å². The van der Waals surface area contributed by atoms with E-state index in [2.05, 4.69) is 36.0 Å². The Bertz CT molecular complexity index is 396. The minimum absolute atomic E-state index is 0.221. The first-order valence-corrected chi connectivity index (χ1v) is 8.51. The third-order valence-corrected chi connectivity index (χ3v) is 5.35. The largest absolute Gasteiger partial charge is 0.329 e. The molecule has 3 nitrogen and oxygen atoms in total. The lowest BCUT2D eigenvalue weighted by atomic mass is 9.74. The highest BCUT2D eigenvalue weighted by molar-refractivity contribution is 5.04. The van der Waals surface area contributed by atoms with Gasteiger partial charge >= 0.3 is 0 Å². The van der Waals surface area contributed by atoms with Gasteiger partial charge in [0.15, 0.2) is 0 Å². The average molecular weight is 289 g/mol. The molecule has 0 unspecified atom stereocenters. The Morgan fingerprint density at radius 1 is 1.33 bits per heavy atom. The molecule has 3 heteroatoms. The fourth-order valence-electron chi connectivity index (χ4n) is 3.72. The molecule has 118 valence electrons. The van der Waals surface area contributed by atoms with Crippen LogP contribution in [0.5, 0.6) is 0 Å². The van der Waals surface area contributed by atoms with Crippen molar-refractivity contribution in [3.63, 3.8) is 0 Å². The quantitative estimate of drug-likeness (QED) is 0.838. The molecule has 0 atom stereocenters. The summed E-state index contributed by atoms with van der Waals surface area (Å²) in [6.07, 6.45) is 10.8. The molecule has 1 heterocycles. The minimum atomic E-state index is 0.221. The lowest BCUT2D eigenvalue weighted by Crippen LogP contribution is -2.54. The number of hydrogen-bond donors (Lipinski definition) is 1. The van der Waals surface area contributed by atoms with Crippen LogP contribution in [0, 0.1) is 5.92 Å². The van der Waals surface area contributed by atoms with E-state index in [4.69, 9.17) is 5.73 Å². The molecule has 0 bridgehead atoms. The van der Waals surface area contributed by atoms with E-state index in [0.717, 1.165) is 25.4 Å². The maximum Gasteiger partial charge on any atom is 0.0416 e. The van der Waals surface area contributed by atoms with E-state index >= 15 is 0 Å². The lowest BCUT2D eigenvalue weighted by Gasteiger charge is -2.46. The molecule has 2 rings (SSSR count). The number of hydrogen-bond acceptors (Lipinski definition) is 3. The normalized spacial score (nSPS) is 26.2. The van der Waals surface area contributed by atoms with Crippen molar-refractivity contribution < 1.29 is 0 Å². The van der Waals surface area contributed by atoms with E-state index < -0.39 is 0 Å². The summed E-state index contributed by atoms with van der Waals surface area (Å²) in [5, 5.41) is 0. The Morgan fingerprint density at radius 3 is 2.67 bits per heavy atom. The monoisotopic (exact) mass is 289 g/mol. The number of pyridine rings is 1. The Balaban J connectivity index is 1.88. The molecule has 1 fully saturated rings. The van der Waals surface area contributed by atoms with Crippen LogP contribution in [0.3, 0.4) is 0 Å². The van der Waals surface area contributed by atoms with E-state index in [9.17, 15) is 0 Å². The average Bonchev–Trinajstić information content (AvgIpc) is 2.55. The van der Waals surface area contributed by atoms with Gasteiger partial charge < -0.3 is 5.73 Å². The zero-order valence-electron chi connectivity index (χ0n) is 13.7. The molecular weight excluding hydrogens is 258 g/mol. The Kier molecular flexibility index (Phi) is 6.19. The summed E-state index contributed by atoms with van der Waals surface area (Å²) in [6.45, 7) is 4.13. The zero-order valence-corrected chi connectivity index (χ0v) is 13.7. The molecule has 0 spiro atoms. The highest BCUT2D eigenvalue weighted by atomic mass is 15.2. The van der Waals surface area contributed by atoms with E-state index in [1.165, 1.54) is 44.2 Å². The molecule has 1 saturated carbocycles. The molecule has 1 aromatic heterocycles. The van der Waals surface area contributed by atoms with Gasteiger partial charge in [0, 0.05) is 36.9 Å². The van der Waals surface area contributed by atoms with E-state index in [-0.39, 0.29) is 5.54 Å².